The van der Waals surface area contributed by atoms with E-state index in [9.17, 15) is 4.79 Å². The van der Waals surface area contributed by atoms with Crippen LogP contribution >= 0.6 is 15.9 Å². The fraction of sp³-hybridized carbons (Fsp3) is 0.364. The molecule has 15 heavy (non-hydrogen) atoms. The molecular weight excluding hydrogens is 260 g/mol. The monoisotopic (exact) mass is 272 g/mol. The molecule has 0 saturated carbocycles. The fourth-order valence-electron chi connectivity index (χ4n) is 1.35. The number of benzene rings is 1. The lowest BCUT2D eigenvalue weighted by Gasteiger charge is -2.13. The average Bonchev–Trinajstić information content (AvgIpc) is 2.26. The van der Waals surface area contributed by atoms with E-state index in [0.29, 0.717) is 5.75 Å². The number of halogens is 1. The van der Waals surface area contributed by atoms with E-state index in [1.807, 2.05) is 18.2 Å². The molecule has 0 radical (unpaired) electrons. The summed E-state index contributed by atoms with van der Waals surface area (Å²) in [6, 6.07) is 5.55. The minimum Gasteiger partial charge on any atom is -0.496 e. The third kappa shape index (κ3) is 2.72. The van der Waals surface area contributed by atoms with Crippen LogP contribution in [-0.2, 0) is 9.53 Å². The van der Waals surface area contributed by atoms with Gasteiger partial charge < -0.3 is 9.47 Å². The van der Waals surface area contributed by atoms with Gasteiger partial charge in [0.15, 0.2) is 0 Å². The Morgan fingerprint density at radius 3 is 2.60 bits per heavy atom. The number of hydrogen-bond donors (Lipinski definition) is 0. The van der Waals surface area contributed by atoms with Gasteiger partial charge in [-0.1, -0.05) is 22.0 Å². The van der Waals surface area contributed by atoms with Crippen molar-refractivity contribution in [2.75, 3.05) is 14.2 Å². The highest BCUT2D eigenvalue weighted by Gasteiger charge is 2.19. The van der Waals surface area contributed by atoms with E-state index in [-0.39, 0.29) is 11.9 Å². The van der Waals surface area contributed by atoms with Crippen LogP contribution in [-0.4, -0.2) is 20.2 Å². The number of carbonyl (C=O) groups excluding carboxylic acids is 1. The summed E-state index contributed by atoms with van der Waals surface area (Å²) in [6.07, 6.45) is 0. The van der Waals surface area contributed by atoms with Gasteiger partial charge in [0.05, 0.1) is 20.1 Å². The van der Waals surface area contributed by atoms with Crippen molar-refractivity contribution in [3.8, 4) is 5.75 Å². The van der Waals surface area contributed by atoms with Crippen molar-refractivity contribution < 1.29 is 14.3 Å². The first-order valence-electron chi connectivity index (χ1n) is 4.51. The Bertz CT molecular complexity index is 363. The zero-order valence-corrected chi connectivity index (χ0v) is 10.5. The SMILES string of the molecule is COC(=O)C(C)c1ccc(Br)cc1OC. The van der Waals surface area contributed by atoms with E-state index in [0.717, 1.165) is 10.0 Å². The highest BCUT2D eigenvalue weighted by atomic mass is 79.9. The molecule has 4 heteroatoms. The maximum absolute atomic E-state index is 11.4. The first kappa shape index (κ1) is 12.0. The molecule has 0 heterocycles. The van der Waals surface area contributed by atoms with E-state index in [1.54, 1.807) is 14.0 Å². The molecule has 0 bridgehead atoms. The van der Waals surface area contributed by atoms with E-state index in [4.69, 9.17) is 4.74 Å². The van der Waals surface area contributed by atoms with Gasteiger partial charge >= 0.3 is 5.97 Å². The molecule has 0 aliphatic heterocycles. The van der Waals surface area contributed by atoms with Crippen molar-refractivity contribution in [2.45, 2.75) is 12.8 Å². The van der Waals surface area contributed by atoms with E-state index >= 15 is 0 Å². The first-order valence-corrected chi connectivity index (χ1v) is 5.30. The molecule has 3 nitrogen and oxygen atoms in total. The maximum atomic E-state index is 11.4. The zero-order valence-electron chi connectivity index (χ0n) is 8.91. The van der Waals surface area contributed by atoms with E-state index in [2.05, 4.69) is 20.7 Å². The van der Waals surface area contributed by atoms with Crippen LogP contribution in [0.1, 0.15) is 18.4 Å². The molecule has 1 aromatic carbocycles. The molecule has 1 aromatic rings. The summed E-state index contributed by atoms with van der Waals surface area (Å²) in [6.45, 7) is 1.79. The normalized spacial score (nSPS) is 12.0. The molecule has 0 N–H and O–H groups in total. The highest BCUT2D eigenvalue weighted by Crippen LogP contribution is 2.30. The van der Waals surface area contributed by atoms with Crippen molar-refractivity contribution in [3.63, 3.8) is 0 Å². The first-order chi connectivity index (χ1) is 7.10. The summed E-state index contributed by atoms with van der Waals surface area (Å²) < 4.78 is 10.8. The number of methoxy groups -OCH3 is 2. The topological polar surface area (TPSA) is 35.5 Å². The van der Waals surface area contributed by atoms with E-state index < -0.39 is 0 Å². The van der Waals surface area contributed by atoms with Crippen molar-refractivity contribution in [3.05, 3.63) is 28.2 Å². The lowest BCUT2D eigenvalue weighted by Crippen LogP contribution is -2.11. The van der Waals surface area contributed by atoms with Gasteiger partial charge in [-0.25, -0.2) is 0 Å². The summed E-state index contributed by atoms with van der Waals surface area (Å²) in [4.78, 5) is 11.4. The van der Waals surface area contributed by atoms with Gasteiger partial charge in [0.2, 0.25) is 0 Å². The van der Waals surface area contributed by atoms with Crippen LogP contribution in [0, 0.1) is 0 Å². The molecule has 1 unspecified atom stereocenters. The zero-order chi connectivity index (χ0) is 11.4. The van der Waals surface area contributed by atoms with Crippen LogP contribution < -0.4 is 4.74 Å². The van der Waals surface area contributed by atoms with Crippen LogP contribution in [0.5, 0.6) is 5.75 Å². The number of rotatable bonds is 3. The Kier molecular flexibility index (Phi) is 4.15. The molecule has 82 valence electrons. The van der Waals surface area contributed by atoms with Gasteiger partial charge in [-0.2, -0.15) is 0 Å². The fourth-order valence-corrected chi connectivity index (χ4v) is 1.69. The van der Waals surface area contributed by atoms with Gasteiger partial charge in [-0.15, -0.1) is 0 Å². The Hall–Kier alpha value is -1.03. The minimum absolute atomic E-state index is 0.268. The lowest BCUT2D eigenvalue weighted by molar-refractivity contribution is -0.142. The molecule has 0 aliphatic carbocycles. The summed E-state index contributed by atoms with van der Waals surface area (Å²) >= 11 is 3.34. The summed E-state index contributed by atoms with van der Waals surface area (Å²) in [5.41, 5.74) is 0.826. The Morgan fingerprint density at radius 1 is 1.40 bits per heavy atom. The summed E-state index contributed by atoms with van der Waals surface area (Å²) in [5.74, 6) is 0.0935. The quantitative estimate of drug-likeness (QED) is 0.794. The van der Waals surface area contributed by atoms with Gasteiger partial charge in [0.1, 0.15) is 5.75 Å². The standard InChI is InChI=1S/C11H13BrO3/c1-7(11(13)15-3)9-5-4-8(12)6-10(9)14-2/h4-7H,1-3H3. The average molecular weight is 273 g/mol. The number of hydrogen-bond acceptors (Lipinski definition) is 3. The van der Waals surface area contributed by atoms with Gasteiger partial charge in [-0.3, -0.25) is 4.79 Å². The second-order valence-electron chi connectivity index (χ2n) is 3.13. The number of ether oxygens (including phenoxy) is 2. The summed E-state index contributed by atoms with van der Waals surface area (Å²) in [7, 11) is 2.96. The molecular formula is C11H13BrO3. The predicted octanol–water partition coefficient (Wildman–Crippen LogP) is 2.73. The summed E-state index contributed by atoms with van der Waals surface area (Å²) in [5, 5.41) is 0. The van der Waals surface area contributed by atoms with Crippen LogP contribution in [0.4, 0.5) is 0 Å². The second kappa shape index (κ2) is 5.16. The van der Waals surface area contributed by atoms with Gasteiger partial charge in [0, 0.05) is 10.0 Å². The molecule has 0 aliphatic rings. The predicted molar refractivity (Wildman–Crippen MR) is 61.1 cm³/mol. The van der Waals surface area contributed by atoms with Crippen molar-refractivity contribution in [1.29, 1.82) is 0 Å². The van der Waals surface area contributed by atoms with Gasteiger partial charge in [0.25, 0.3) is 0 Å². The molecule has 0 saturated heterocycles. The van der Waals surface area contributed by atoms with Crippen LogP contribution in [0.2, 0.25) is 0 Å². The van der Waals surface area contributed by atoms with E-state index in [1.165, 1.54) is 7.11 Å². The van der Waals surface area contributed by atoms with Crippen molar-refractivity contribution in [2.24, 2.45) is 0 Å². The Balaban J connectivity index is 3.07. The molecule has 1 atom stereocenters. The largest absolute Gasteiger partial charge is 0.496 e. The molecule has 0 spiro atoms. The molecule has 1 rings (SSSR count). The van der Waals surface area contributed by atoms with Crippen LogP contribution in [0.25, 0.3) is 0 Å². The van der Waals surface area contributed by atoms with Crippen LogP contribution in [0.3, 0.4) is 0 Å². The maximum Gasteiger partial charge on any atom is 0.312 e. The Morgan fingerprint density at radius 2 is 2.07 bits per heavy atom. The molecule has 0 amide bonds. The van der Waals surface area contributed by atoms with Gasteiger partial charge in [-0.05, 0) is 19.1 Å². The molecule has 0 aromatic heterocycles. The smallest absolute Gasteiger partial charge is 0.312 e. The third-order valence-corrected chi connectivity index (χ3v) is 2.71. The Labute approximate surface area is 97.5 Å². The highest BCUT2D eigenvalue weighted by molar-refractivity contribution is 9.10. The number of esters is 1. The molecule has 0 fully saturated rings. The van der Waals surface area contributed by atoms with Crippen molar-refractivity contribution >= 4 is 21.9 Å². The van der Waals surface area contributed by atoms with Crippen LogP contribution in [0.15, 0.2) is 22.7 Å². The minimum atomic E-state index is -0.321. The lowest BCUT2D eigenvalue weighted by atomic mass is 10.0. The second-order valence-corrected chi connectivity index (χ2v) is 4.05. The third-order valence-electron chi connectivity index (χ3n) is 2.22. The number of carbonyl (C=O) groups is 1. The van der Waals surface area contributed by atoms with Crippen molar-refractivity contribution in [1.82, 2.24) is 0 Å².